The first-order valence-corrected chi connectivity index (χ1v) is 28.6. The number of aliphatic hydroxyl groups is 9. The predicted octanol–water partition coefficient (Wildman–Crippen LogP) is -8.77. The van der Waals surface area contributed by atoms with Crippen molar-refractivity contribution in [2.45, 2.75) is 177 Å². The molecule has 496 valence electrons. The molecule has 0 aromatic carbocycles. The van der Waals surface area contributed by atoms with E-state index in [9.17, 15) is 84.3 Å². The van der Waals surface area contributed by atoms with Gasteiger partial charge in [-0.1, -0.05) is 13.8 Å². The molecule has 17 atom stereocenters. The third kappa shape index (κ3) is 26.8. The van der Waals surface area contributed by atoms with Gasteiger partial charge in [-0.15, -0.1) is 0 Å². The van der Waals surface area contributed by atoms with Crippen LogP contribution in [0.1, 0.15) is 73.1 Å². The number of carbonyl (C=O) groups excluding carboxylic acids is 8. The molecule has 0 saturated carbocycles. The van der Waals surface area contributed by atoms with Crippen molar-refractivity contribution in [3.8, 4) is 0 Å². The van der Waals surface area contributed by atoms with Gasteiger partial charge in [-0.2, -0.15) is 0 Å². The number of nitrogens with one attached hydrogen (secondary N) is 8. The fraction of sp³-hybridized carbons (Fsp3) is 0.846. The maximum Gasteiger partial charge on any atom is 0.242 e. The van der Waals surface area contributed by atoms with Crippen molar-refractivity contribution in [1.29, 1.82) is 0 Å². The van der Waals surface area contributed by atoms with Crippen LogP contribution in [0, 0.1) is 5.92 Å². The molecule has 3 aliphatic heterocycles. The van der Waals surface area contributed by atoms with Crippen LogP contribution in [0.2, 0.25) is 0 Å². The smallest absolute Gasteiger partial charge is 0.242 e. The normalized spacial score (nSPS) is 28.1. The Hall–Kier alpha value is -4.96. The molecule has 3 rings (SSSR count). The number of carbonyl (C=O) groups is 8. The highest BCUT2D eigenvalue weighted by atomic mass is 16.7. The monoisotopic (exact) mass is 1240 g/mol. The van der Waals surface area contributed by atoms with E-state index in [-0.39, 0.29) is 117 Å². The van der Waals surface area contributed by atoms with E-state index in [0.29, 0.717) is 6.42 Å². The molecular formula is C52H92N8O26. The Morgan fingerprint density at radius 2 is 0.709 bits per heavy atom. The van der Waals surface area contributed by atoms with Gasteiger partial charge in [-0.3, -0.25) is 38.4 Å². The number of ether oxygens (including phenoxy) is 9. The maximum absolute atomic E-state index is 13.6. The van der Waals surface area contributed by atoms with E-state index in [0.717, 1.165) is 0 Å². The summed E-state index contributed by atoms with van der Waals surface area (Å²) in [5, 5.41) is 111. The minimum atomic E-state index is -1.53. The van der Waals surface area contributed by atoms with Gasteiger partial charge in [-0.25, -0.2) is 0 Å². The fourth-order valence-corrected chi connectivity index (χ4v) is 8.95. The van der Waals surface area contributed by atoms with Gasteiger partial charge in [0.05, 0.1) is 79.3 Å². The summed E-state index contributed by atoms with van der Waals surface area (Å²) in [5.74, 6) is -4.53. The van der Waals surface area contributed by atoms with Gasteiger partial charge in [0.25, 0.3) is 0 Å². The van der Waals surface area contributed by atoms with Gasteiger partial charge in [0, 0.05) is 59.7 Å². The van der Waals surface area contributed by atoms with E-state index < -0.39 is 171 Å². The van der Waals surface area contributed by atoms with Crippen molar-refractivity contribution >= 4 is 47.3 Å². The van der Waals surface area contributed by atoms with Crippen LogP contribution in [-0.4, -0.2) is 296 Å². The van der Waals surface area contributed by atoms with E-state index in [2.05, 4.69) is 42.5 Å². The first-order chi connectivity index (χ1) is 40.9. The van der Waals surface area contributed by atoms with Gasteiger partial charge in [0.15, 0.2) is 18.9 Å². The van der Waals surface area contributed by atoms with Crippen LogP contribution in [0.5, 0.6) is 0 Å². The van der Waals surface area contributed by atoms with Gasteiger partial charge < -0.3 is 131 Å². The van der Waals surface area contributed by atoms with Crippen LogP contribution in [0.3, 0.4) is 0 Å². The van der Waals surface area contributed by atoms with Gasteiger partial charge in [0.1, 0.15) is 85.1 Å². The lowest BCUT2D eigenvalue weighted by Crippen LogP contribution is -2.64. The molecule has 34 heteroatoms. The largest absolute Gasteiger partial charge is 0.394 e. The molecule has 34 nitrogen and oxygen atoms in total. The summed E-state index contributed by atoms with van der Waals surface area (Å²) in [6.45, 7) is 4.53. The van der Waals surface area contributed by atoms with Gasteiger partial charge >= 0.3 is 0 Å². The van der Waals surface area contributed by atoms with Crippen molar-refractivity contribution in [1.82, 2.24) is 42.5 Å². The van der Waals surface area contributed by atoms with E-state index in [4.69, 9.17) is 42.6 Å². The van der Waals surface area contributed by atoms with Gasteiger partial charge in [-0.05, 0) is 25.2 Å². The molecule has 8 amide bonds. The van der Waals surface area contributed by atoms with Crippen molar-refractivity contribution in [2.24, 2.45) is 5.92 Å². The zero-order chi connectivity index (χ0) is 63.9. The molecule has 3 fully saturated rings. The fourth-order valence-electron chi connectivity index (χ4n) is 8.95. The van der Waals surface area contributed by atoms with Crippen LogP contribution in [-0.2, 0) is 81.0 Å². The Morgan fingerprint density at radius 3 is 1.01 bits per heavy atom. The van der Waals surface area contributed by atoms with Crippen LogP contribution in [0.4, 0.5) is 0 Å². The first-order valence-electron chi connectivity index (χ1n) is 28.6. The highest BCUT2D eigenvalue weighted by molar-refractivity contribution is 5.90. The molecule has 0 spiro atoms. The Bertz CT molecular complexity index is 2070. The second kappa shape index (κ2) is 40.6. The molecular weight excluding hydrogens is 1150 g/mol. The summed E-state index contributed by atoms with van der Waals surface area (Å²) in [7, 11) is 0. The molecule has 86 heavy (non-hydrogen) atoms. The molecule has 0 aromatic rings. The van der Waals surface area contributed by atoms with E-state index >= 15 is 0 Å². The summed E-state index contributed by atoms with van der Waals surface area (Å²) < 4.78 is 50.1. The molecule has 3 aliphatic rings. The zero-order valence-electron chi connectivity index (χ0n) is 49.2. The van der Waals surface area contributed by atoms with Crippen LogP contribution in [0.25, 0.3) is 0 Å². The van der Waals surface area contributed by atoms with E-state index in [1.54, 1.807) is 0 Å². The standard InChI is InChI=1S/C52H92N8O26/c1-27(2)6-9-37(68)59-32(49(77)55-14-17-80-20-23-83-52-41(58-30(5)66)47(75)44(72)35(26-63)86-52)8-11-38(69)60-31(48(76)54-13-16-79-19-22-82-51-40(57-29(4)65)46(74)43(71)34(25-62)85-51)7-10-36(67)53-12-15-78-18-21-81-50-39(56-28(3)64)45(73)42(70)33(24-61)84-50/h27,31-35,39-47,50-52,61-63,70-75H,6-26H2,1-5H3,(H,53,67)(H,54,76)(H,55,77)(H,56,64)(H,57,65)(H,58,66)(H,59,68)(H,60,69). The minimum absolute atomic E-state index is 0.00470. The maximum atomic E-state index is 13.6. The second-order valence-corrected chi connectivity index (χ2v) is 20.9. The number of hydrogen-bond acceptors (Lipinski definition) is 26. The van der Waals surface area contributed by atoms with Crippen molar-refractivity contribution in [3.63, 3.8) is 0 Å². The first kappa shape index (κ1) is 75.3. The van der Waals surface area contributed by atoms with Crippen LogP contribution < -0.4 is 42.5 Å². The van der Waals surface area contributed by atoms with Crippen molar-refractivity contribution in [2.75, 3.05) is 98.9 Å². The lowest BCUT2D eigenvalue weighted by atomic mass is 9.97. The Labute approximate surface area is 497 Å². The summed E-state index contributed by atoms with van der Waals surface area (Å²) in [5.41, 5.74) is 0. The molecule has 3 heterocycles. The molecule has 3 saturated heterocycles. The SMILES string of the molecule is CC(=O)NC1C(OCCOCCNC(=O)CCC(NC(=O)CCC(NC(=O)CCC(C)C)C(=O)NCCOCCOC2OC(CO)C(O)C(O)C2NC(C)=O)C(=O)NCCOCCOC2OC(CO)C(O)C(O)C2NC(C)=O)OC(CO)C(O)C1O. The molecule has 0 bridgehead atoms. The van der Waals surface area contributed by atoms with Crippen molar-refractivity contribution in [3.05, 3.63) is 0 Å². The number of rotatable bonds is 40. The molecule has 0 aromatic heterocycles. The van der Waals surface area contributed by atoms with Gasteiger partial charge in [0.2, 0.25) is 47.3 Å². The molecule has 17 N–H and O–H groups in total. The average Bonchev–Trinajstić information content (AvgIpc) is 1.49. The summed E-state index contributed by atoms with van der Waals surface area (Å²) in [4.78, 5) is 102. The van der Waals surface area contributed by atoms with E-state index in [1.807, 2.05) is 13.8 Å². The topological polar surface area (TPSA) is 498 Å². The predicted molar refractivity (Wildman–Crippen MR) is 292 cm³/mol. The lowest BCUT2D eigenvalue weighted by Gasteiger charge is -2.42. The molecule has 0 aliphatic carbocycles. The molecule has 17 unspecified atom stereocenters. The minimum Gasteiger partial charge on any atom is -0.394 e. The summed E-state index contributed by atoms with van der Waals surface area (Å²) in [6.07, 6.45) is -16.9. The Kier molecular flexibility index (Phi) is 35.5. The highest BCUT2D eigenvalue weighted by Gasteiger charge is 2.48. The Balaban J connectivity index is 1.57. The Morgan fingerprint density at radius 1 is 0.407 bits per heavy atom. The molecule has 0 radical (unpaired) electrons. The number of hydrogen-bond donors (Lipinski definition) is 17. The summed E-state index contributed by atoms with van der Waals surface area (Å²) in [6, 6.07) is -6.03. The van der Waals surface area contributed by atoms with Crippen molar-refractivity contribution < 1.29 is 127 Å². The third-order valence-corrected chi connectivity index (χ3v) is 13.5. The zero-order valence-corrected chi connectivity index (χ0v) is 49.2. The summed E-state index contributed by atoms with van der Waals surface area (Å²) >= 11 is 0. The van der Waals surface area contributed by atoms with Crippen LogP contribution in [0.15, 0.2) is 0 Å². The van der Waals surface area contributed by atoms with Crippen LogP contribution >= 0.6 is 0 Å². The highest BCUT2D eigenvalue weighted by Crippen LogP contribution is 2.25. The lowest BCUT2D eigenvalue weighted by molar-refractivity contribution is -0.272. The quantitative estimate of drug-likeness (QED) is 0.0253. The average molecular weight is 1250 g/mol. The number of amides is 8. The second-order valence-electron chi connectivity index (χ2n) is 20.9. The third-order valence-electron chi connectivity index (χ3n) is 13.5. The number of aliphatic hydroxyl groups excluding tert-OH is 9. The van der Waals surface area contributed by atoms with E-state index in [1.165, 1.54) is 20.8 Å².